The summed E-state index contributed by atoms with van der Waals surface area (Å²) in [4.78, 5) is 29.0. The molecule has 116 valence electrons. The third-order valence-electron chi connectivity index (χ3n) is 3.98. The highest BCUT2D eigenvalue weighted by atomic mass is 35.5. The Kier molecular flexibility index (Phi) is 3.09. The first-order valence-electron chi connectivity index (χ1n) is 7.13. The van der Waals surface area contributed by atoms with E-state index in [1.54, 1.807) is 6.20 Å². The summed E-state index contributed by atoms with van der Waals surface area (Å²) in [6, 6.07) is 2.75. The number of benzene rings is 1. The van der Waals surface area contributed by atoms with E-state index in [0.717, 1.165) is 18.9 Å². The normalized spacial score (nSPS) is 14.3. The van der Waals surface area contributed by atoms with Crippen LogP contribution in [0.25, 0.3) is 10.9 Å². The fourth-order valence-corrected chi connectivity index (χ4v) is 2.83. The van der Waals surface area contributed by atoms with Crippen LogP contribution in [0.1, 0.15) is 29.2 Å². The van der Waals surface area contributed by atoms with E-state index in [0.29, 0.717) is 5.52 Å². The van der Waals surface area contributed by atoms with Crippen molar-refractivity contribution in [3.63, 3.8) is 0 Å². The molecule has 1 aromatic carbocycles. The van der Waals surface area contributed by atoms with Gasteiger partial charge in [0.25, 0.3) is 5.91 Å². The minimum atomic E-state index is -0.675. The molecule has 0 bridgehead atoms. The average Bonchev–Trinajstić information content (AvgIpc) is 3.22. The Balaban J connectivity index is 2.02. The van der Waals surface area contributed by atoms with Crippen LogP contribution in [0.5, 0.6) is 0 Å². The number of halogens is 2. The van der Waals surface area contributed by atoms with Crippen molar-refractivity contribution >= 4 is 28.4 Å². The van der Waals surface area contributed by atoms with E-state index < -0.39 is 17.2 Å². The topological polar surface area (TPSA) is 56.9 Å². The molecule has 0 spiro atoms. The van der Waals surface area contributed by atoms with Gasteiger partial charge in [0.1, 0.15) is 17.7 Å². The first kappa shape index (κ1) is 14.1. The maximum Gasteiger partial charge on any atom is 0.268 e. The van der Waals surface area contributed by atoms with E-state index in [1.165, 1.54) is 29.4 Å². The molecule has 4 rings (SSSR count). The number of carbonyl (C=O) groups is 1. The predicted molar refractivity (Wildman–Crippen MR) is 83.4 cm³/mol. The Hall–Kier alpha value is -2.47. The fraction of sp³-hybridized carbons (Fsp3) is 0.188. The Labute approximate surface area is 134 Å². The maximum absolute atomic E-state index is 13.8. The summed E-state index contributed by atoms with van der Waals surface area (Å²) in [5.41, 5.74) is 0.0290. The van der Waals surface area contributed by atoms with Gasteiger partial charge in [0.05, 0.1) is 10.5 Å². The first-order valence-corrected chi connectivity index (χ1v) is 7.50. The highest BCUT2D eigenvalue weighted by Crippen LogP contribution is 2.37. The SMILES string of the molecule is O=C(c1cn(C2CC2)c2cc(Cl)c(F)cc2c1=O)n1ccnc1. The van der Waals surface area contributed by atoms with Crippen LogP contribution >= 0.6 is 11.6 Å². The van der Waals surface area contributed by atoms with Crippen LogP contribution in [-0.2, 0) is 0 Å². The molecule has 2 heterocycles. The van der Waals surface area contributed by atoms with Gasteiger partial charge in [-0.25, -0.2) is 9.37 Å². The van der Waals surface area contributed by atoms with Gasteiger partial charge in [-0.15, -0.1) is 0 Å². The summed E-state index contributed by atoms with van der Waals surface area (Å²) in [6.07, 6.45) is 7.69. The van der Waals surface area contributed by atoms with Crippen LogP contribution in [0, 0.1) is 5.82 Å². The van der Waals surface area contributed by atoms with E-state index >= 15 is 0 Å². The van der Waals surface area contributed by atoms with Crippen LogP contribution < -0.4 is 5.43 Å². The van der Waals surface area contributed by atoms with E-state index in [-0.39, 0.29) is 22.0 Å². The summed E-state index contributed by atoms with van der Waals surface area (Å²) in [6.45, 7) is 0. The molecule has 0 saturated heterocycles. The van der Waals surface area contributed by atoms with Crippen LogP contribution in [0.2, 0.25) is 5.02 Å². The van der Waals surface area contributed by atoms with Crippen molar-refractivity contribution < 1.29 is 9.18 Å². The third kappa shape index (κ3) is 2.26. The Morgan fingerprint density at radius 1 is 1.35 bits per heavy atom. The van der Waals surface area contributed by atoms with Crippen molar-refractivity contribution in [3.05, 3.63) is 63.7 Å². The fourth-order valence-electron chi connectivity index (χ4n) is 2.67. The molecule has 1 aliphatic carbocycles. The second-order valence-electron chi connectivity index (χ2n) is 5.57. The molecule has 1 aliphatic rings. The lowest BCUT2D eigenvalue weighted by atomic mass is 10.1. The Morgan fingerprint density at radius 2 is 2.13 bits per heavy atom. The second kappa shape index (κ2) is 5.03. The third-order valence-corrected chi connectivity index (χ3v) is 4.27. The molecule has 3 aromatic rings. The van der Waals surface area contributed by atoms with Gasteiger partial charge >= 0.3 is 0 Å². The van der Waals surface area contributed by atoms with Crippen molar-refractivity contribution in [1.82, 2.24) is 14.1 Å². The number of aromatic nitrogens is 3. The standard InChI is InChI=1S/C16H11ClFN3O2/c17-12-6-14-10(5-13(12)18)15(22)11(7-21(14)9-1-2-9)16(23)20-4-3-19-8-20/h3-9H,1-2H2. The van der Waals surface area contributed by atoms with Gasteiger partial charge in [0, 0.05) is 30.0 Å². The largest absolute Gasteiger partial charge is 0.343 e. The van der Waals surface area contributed by atoms with E-state index in [2.05, 4.69) is 4.98 Å². The van der Waals surface area contributed by atoms with Crippen molar-refractivity contribution in [1.29, 1.82) is 0 Å². The average molecular weight is 332 g/mol. The molecule has 1 saturated carbocycles. The minimum absolute atomic E-state index is 0.0101. The van der Waals surface area contributed by atoms with Crippen molar-refractivity contribution in [2.45, 2.75) is 18.9 Å². The van der Waals surface area contributed by atoms with Gasteiger partial charge in [-0.3, -0.25) is 14.2 Å². The van der Waals surface area contributed by atoms with Crippen molar-refractivity contribution in [2.24, 2.45) is 0 Å². The molecule has 7 heteroatoms. The lowest BCUT2D eigenvalue weighted by Gasteiger charge is -2.13. The Morgan fingerprint density at radius 3 is 2.78 bits per heavy atom. The number of hydrogen-bond donors (Lipinski definition) is 0. The predicted octanol–water partition coefficient (Wildman–Crippen LogP) is 3.01. The molecule has 0 N–H and O–H groups in total. The number of pyridine rings is 1. The number of imidazole rings is 1. The van der Waals surface area contributed by atoms with Gasteiger partial charge in [-0.1, -0.05) is 11.6 Å². The lowest BCUT2D eigenvalue weighted by Crippen LogP contribution is -2.23. The summed E-state index contributed by atoms with van der Waals surface area (Å²) in [5, 5.41) is 0.116. The van der Waals surface area contributed by atoms with Crippen LogP contribution in [0.15, 0.2) is 41.8 Å². The molecule has 0 unspecified atom stereocenters. The van der Waals surface area contributed by atoms with E-state index in [4.69, 9.17) is 11.6 Å². The molecule has 1 fully saturated rings. The highest BCUT2D eigenvalue weighted by molar-refractivity contribution is 6.31. The van der Waals surface area contributed by atoms with Crippen molar-refractivity contribution in [2.75, 3.05) is 0 Å². The molecule has 5 nitrogen and oxygen atoms in total. The number of hydrogen-bond acceptors (Lipinski definition) is 3. The minimum Gasteiger partial charge on any atom is -0.343 e. The van der Waals surface area contributed by atoms with Gasteiger partial charge in [0.2, 0.25) is 5.43 Å². The van der Waals surface area contributed by atoms with Gasteiger partial charge in [0.15, 0.2) is 0 Å². The molecule has 0 atom stereocenters. The number of carbonyl (C=O) groups excluding carboxylic acids is 1. The smallest absolute Gasteiger partial charge is 0.268 e. The van der Waals surface area contributed by atoms with Crippen LogP contribution in [0.4, 0.5) is 4.39 Å². The number of fused-ring (bicyclic) bond motifs is 1. The Bertz CT molecular complexity index is 991. The quantitative estimate of drug-likeness (QED) is 0.725. The molecule has 0 aliphatic heterocycles. The number of rotatable bonds is 2. The van der Waals surface area contributed by atoms with Crippen molar-refractivity contribution in [3.8, 4) is 0 Å². The molecular formula is C16H11ClFN3O2. The molecule has 0 radical (unpaired) electrons. The van der Waals surface area contributed by atoms with Gasteiger partial charge in [-0.2, -0.15) is 0 Å². The maximum atomic E-state index is 13.8. The van der Waals surface area contributed by atoms with E-state index in [9.17, 15) is 14.0 Å². The summed E-state index contributed by atoms with van der Waals surface area (Å²) < 4.78 is 16.9. The van der Waals surface area contributed by atoms with Gasteiger partial charge < -0.3 is 4.57 Å². The van der Waals surface area contributed by atoms with Crippen LogP contribution in [0.3, 0.4) is 0 Å². The highest BCUT2D eigenvalue weighted by Gasteiger charge is 2.27. The molecule has 0 amide bonds. The van der Waals surface area contributed by atoms with Crippen LogP contribution in [-0.4, -0.2) is 20.0 Å². The number of nitrogens with zero attached hydrogens (tertiary/aromatic N) is 3. The summed E-state index contributed by atoms with van der Waals surface area (Å²) >= 11 is 5.85. The zero-order valence-corrected chi connectivity index (χ0v) is 12.6. The monoisotopic (exact) mass is 331 g/mol. The van der Waals surface area contributed by atoms with Gasteiger partial charge in [-0.05, 0) is 25.0 Å². The summed E-state index contributed by atoms with van der Waals surface area (Å²) in [7, 11) is 0. The zero-order valence-electron chi connectivity index (χ0n) is 11.9. The zero-order chi connectivity index (χ0) is 16.1. The molecule has 2 aromatic heterocycles. The molecule has 23 heavy (non-hydrogen) atoms. The lowest BCUT2D eigenvalue weighted by molar-refractivity contribution is 0.0958. The second-order valence-corrected chi connectivity index (χ2v) is 5.98. The van der Waals surface area contributed by atoms with E-state index in [1.807, 2.05) is 4.57 Å². The summed E-state index contributed by atoms with van der Waals surface area (Å²) in [5.74, 6) is -1.16. The first-order chi connectivity index (χ1) is 11.1. The molecular weight excluding hydrogens is 321 g/mol.